The summed E-state index contributed by atoms with van der Waals surface area (Å²) in [6.07, 6.45) is 2.53. The number of piperidine rings is 1. The number of nitrogens with zero attached hydrogens (tertiary/aromatic N) is 3. The van der Waals surface area contributed by atoms with Gasteiger partial charge in [0.1, 0.15) is 0 Å². The van der Waals surface area contributed by atoms with E-state index >= 15 is 0 Å². The largest absolute Gasteiger partial charge is 0.325 e. The lowest BCUT2D eigenvalue weighted by Gasteiger charge is -2.28. The molecule has 0 bridgehead atoms. The van der Waals surface area contributed by atoms with Crippen molar-refractivity contribution in [1.29, 1.82) is 0 Å². The monoisotopic (exact) mass is 208 g/mol. The number of aromatic nitrogens is 2. The Bertz CT molecular complexity index is 331. The van der Waals surface area contributed by atoms with Gasteiger partial charge in [-0.2, -0.15) is 5.10 Å². The van der Waals surface area contributed by atoms with Gasteiger partial charge in [0, 0.05) is 26.1 Å². The molecule has 2 N–H and O–H groups in total. The van der Waals surface area contributed by atoms with Gasteiger partial charge in [0.15, 0.2) is 0 Å². The molecule has 0 radical (unpaired) electrons. The molecule has 0 aromatic carbocycles. The third kappa shape index (κ3) is 2.21. The van der Waals surface area contributed by atoms with Crippen molar-refractivity contribution >= 4 is 0 Å². The molecule has 4 heteroatoms. The highest BCUT2D eigenvalue weighted by Crippen LogP contribution is 2.25. The molecule has 0 saturated carbocycles. The molecule has 1 unspecified atom stereocenters. The maximum absolute atomic E-state index is 5.65. The van der Waals surface area contributed by atoms with Gasteiger partial charge in [-0.15, -0.1) is 0 Å². The van der Waals surface area contributed by atoms with Crippen LogP contribution < -0.4 is 5.73 Å². The van der Waals surface area contributed by atoms with Crippen LogP contribution in [0.2, 0.25) is 0 Å². The average molecular weight is 208 g/mol. The Labute approximate surface area is 91.1 Å². The van der Waals surface area contributed by atoms with E-state index in [1.165, 1.54) is 25.1 Å². The molecule has 1 aromatic rings. The van der Waals surface area contributed by atoms with E-state index < -0.39 is 0 Å². The van der Waals surface area contributed by atoms with Crippen LogP contribution in [0, 0.1) is 0 Å². The highest BCUT2D eigenvalue weighted by atomic mass is 15.3. The van der Waals surface area contributed by atoms with Gasteiger partial charge in [0.2, 0.25) is 0 Å². The summed E-state index contributed by atoms with van der Waals surface area (Å²) in [5, 5.41) is 4.55. The van der Waals surface area contributed by atoms with Gasteiger partial charge < -0.3 is 10.6 Å². The normalized spacial score (nSPS) is 23.3. The molecule has 15 heavy (non-hydrogen) atoms. The van der Waals surface area contributed by atoms with E-state index in [1.54, 1.807) is 0 Å². The molecule has 84 valence electrons. The predicted molar refractivity (Wildman–Crippen MR) is 60.6 cm³/mol. The molecule has 1 fully saturated rings. The van der Waals surface area contributed by atoms with E-state index in [0.29, 0.717) is 12.5 Å². The van der Waals surface area contributed by atoms with E-state index in [1.807, 2.05) is 11.7 Å². The molecule has 0 aliphatic carbocycles. The van der Waals surface area contributed by atoms with Gasteiger partial charge >= 0.3 is 0 Å². The van der Waals surface area contributed by atoms with Crippen molar-refractivity contribution in [3.05, 3.63) is 17.5 Å². The van der Waals surface area contributed by atoms with Gasteiger partial charge in [0.05, 0.1) is 11.4 Å². The Morgan fingerprint density at radius 2 is 2.33 bits per heavy atom. The fraction of sp³-hybridized carbons (Fsp3) is 0.727. The van der Waals surface area contributed by atoms with Gasteiger partial charge in [-0.3, -0.25) is 4.68 Å². The quantitative estimate of drug-likeness (QED) is 0.778. The van der Waals surface area contributed by atoms with Crippen LogP contribution in [0.5, 0.6) is 0 Å². The van der Waals surface area contributed by atoms with E-state index in [4.69, 9.17) is 5.73 Å². The van der Waals surface area contributed by atoms with E-state index in [9.17, 15) is 0 Å². The third-order valence-corrected chi connectivity index (χ3v) is 3.25. The lowest BCUT2D eigenvalue weighted by Crippen LogP contribution is -2.31. The fourth-order valence-electron chi connectivity index (χ4n) is 2.33. The summed E-state index contributed by atoms with van der Waals surface area (Å²) in [4.78, 5) is 2.38. The van der Waals surface area contributed by atoms with E-state index in [-0.39, 0.29) is 0 Å². The maximum Gasteiger partial charge on any atom is 0.0671 e. The summed E-state index contributed by atoms with van der Waals surface area (Å²) in [6, 6.07) is 2.16. The SMILES string of the molecule is CN1CCCC(c2cc(CN)n(C)n2)C1. The van der Waals surface area contributed by atoms with Gasteiger partial charge in [-0.05, 0) is 32.5 Å². The topological polar surface area (TPSA) is 47.1 Å². The molecule has 1 aliphatic heterocycles. The van der Waals surface area contributed by atoms with Gasteiger partial charge in [0.25, 0.3) is 0 Å². The molecule has 2 heterocycles. The molecule has 4 nitrogen and oxygen atoms in total. The first kappa shape index (κ1) is 10.6. The van der Waals surface area contributed by atoms with Crippen LogP contribution in [-0.2, 0) is 13.6 Å². The first-order valence-corrected chi connectivity index (χ1v) is 5.62. The van der Waals surface area contributed by atoms with Crippen LogP contribution in [0.15, 0.2) is 6.07 Å². The van der Waals surface area contributed by atoms with Crippen molar-refractivity contribution < 1.29 is 0 Å². The zero-order valence-electron chi connectivity index (χ0n) is 9.61. The van der Waals surface area contributed by atoms with Gasteiger partial charge in [-0.1, -0.05) is 0 Å². The smallest absolute Gasteiger partial charge is 0.0671 e. The van der Waals surface area contributed by atoms with E-state index in [0.717, 1.165) is 12.2 Å². The van der Waals surface area contributed by atoms with Crippen molar-refractivity contribution in [2.75, 3.05) is 20.1 Å². The molecule has 0 spiro atoms. The lowest BCUT2D eigenvalue weighted by atomic mass is 9.95. The second-order valence-corrected chi connectivity index (χ2v) is 4.49. The van der Waals surface area contributed by atoms with Crippen LogP contribution in [-0.4, -0.2) is 34.8 Å². The van der Waals surface area contributed by atoms with Crippen LogP contribution in [0.3, 0.4) is 0 Å². The molecule has 1 aliphatic rings. The summed E-state index contributed by atoms with van der Waals surface area (Å²) in [5.74, 6) is 0.593. The zero-order chi connectivity index (χ0) is 10.8. The second kappa shape index (κ2) is 4.33. The Kier molecular flexibility index (Phi) is 3.07. The van der Waals surface area contributed by atoms with Crippen LogP contribution in [0.4, 0.5) is 0 Å². The summed E-state index contributed by atoms with van der Waals surface area (Å²) in [5.41, 5.74) is 7.99. The fourth-order valence-corrected chi connectivity index (χ4v) is 2.33. The zero-order valence-corrected chi connectivity index (χ0v) is 9.61. The summed E-state index contributed by atoms with van der Waals surface area (Å²) in [6.45, 7) is 2.92. The Morgan fingerprint density at radius 3 is 2.93 bits per heavy atom. The first-order valence-electron chi connectivity index (χ1n) is 5.62. The standard InChI is InChI=1S/C11H20N4/c1-14-5-3-4-9(8-14)11-6-10(7-12)15(2)13-11/h6,9H,3-5,7-8,12H2,1-2H3. The Morgan fingerprint density at radius 1 is 1.53 bits per heavy atom. The Hall–Kier alpha value is -0.870. The molecular formula is C11H20N4. The Balaban J connectivity index is 2.14. The highest BCUT2D eigenvalue weighted by Gasteiger charge is 2.21. The first-order chi connectivity index (χ1) is 7.20. The number of rotatable bonds is 2. The highest BCUT2D eigenvalue weighted by molar-refractivity contribution is 5.15. The molecule has 2 rings (SSSR count). The molecule has 0 amide bonds. The minimum Gasteiger partial charge on any atom is -0.325 e. The van der Waals surface area contributed by atoms with Crippen molar-refractivity contribution in [3.63, 3.8) is 0 Å². The van der Waals surface area contributed by atoms with Crippen LogP contribution in [0.1, 0.15) is 30.1 Å². The van der Waals surface area contributed by atoms with Gasteiger partial charge in [-0.25, -0.2) is 0 Å². The molecule has 1 atom stereocenters. The number of likely N-dealkylation sites (N-methyl/N-ethyl adjacent to an activating group) is 1. The minimum atomic E-state index is 0.575. The minimum absolute atomic E-state index is 0.575. The molecule has 1 saturated heterocycles. The summed E-state index contributed by atoms with van der Waals surface area (Å²) in [7, 11) is 4.15. The maximum atomic E-state index is 5.65. The van der Waals surface area contributed by atoms with Crippen LogP contribution >= 0.6 is 0 Å². The predicted octanol–water partition coefficient (Wildman–Crippen LogP) is 0.688. The summed E-state index contributed by atoms with van der Waals surface area (Å²) >= 11 is 0. The lowest BCUT2D eigenvalue weighted by molar-refractivity contribution is 0.248. The third-order valence-electron chi connectivity index (χ3n) is 3.25. The number of likely N-dealkylation sites (tertiary alicyclic amines) is 1. The number of aryl methyl sites for hydroxylation is 1. The van der Waals surface area contributed by atoms with Crippen LogP contribution in [0.25, 0.3) is 0 Å². The van der Waals surface area contributed by atoms with Crippen molar-refractivity contribution in [2.24, 2.45) is 12.8 Å². The van der Waals surface area contributed by atoms with E-state index in [2.05, 4.69) is 23.1 Å². The van der Waals surface area contributed by atoms with Crippen molar-refractivity contribution in [1.82, 2.24) is 14.7 Å². The average Bonchev–Trinajstić information content (AvgIpc) is 2.60. The van der Waals surface area contributed by atoms with Crippen molar-refractivity contribution in [2.45, 2.75) is 25.3 Å². The summed E-state index contributed by atoms with van der Waals surface area (Å²) < 4.78 is 1.91. The number of hydrogen-bond donors (Lipinski definition) is 1. The number of nitrogens with two attached hydrogens (primary N) is 1. The molecular weight excluding hydrogens is 188 g/mol. The van der Waals surface area contributed by atoms with Crippen molar-refractivity contribution in [3.8, 4) is 0 Å². The second-order valence-electron chi connectivity index (χ2n) is 4.49. The molecule has 1 aromatic heterocycles. The number of hydrogen-bond acceptors (Lipinski definition) is 3.